The molecule has 0 bridgehead atoms. The van der Waals surface area contributed by atoms with Gasteiger partial charge in [0.25, 0.3) is 5.91 Å². The van der Waals surface area contributed by atoms with Crippen molar-refractivity contribution in [1.82, 2.24) is 16.0 Å². The summed E-state index contributed by atoms with van der Waals surface area (Å²) in [6.07, 6.45) is -2.94. The Morgan fingerprint density at radius 3 is 1.76 bits per heavy atom. The van der Waals surface area contributed by atoms with Gasteiger partial charge in [0.2, 0.25) is 0 Å². The summed E-state index contributed by atoms with van der Waals surface area (Å²) in [7, 11) is 0. The number of carbonyl (C=O) groups excluding carboxylic acids is 2. The Labute approximate surface area is 244 Å². The lowest BCUT2D eigenvalue weighted by atomic mass is 9.77. The lowest BCUT2D eigenvalue weighted by molar-refractivity contribution is -0.150. The Morgan fingerprint density at radius 1 is 0.780 bits per heavy atom. The van der Waals surface area contributed by atoms with E-state index in [4.69, 9.17) is 4.74 Å². The molecule has 0 saturated heterocycles. The van der Waals surface area contributed by atoms with Gasteiger partial charge in [-0.05, 0) is 50.7 Å². The number of alkyl carbamates (subject to hydrolysis) is 1. The van der Waals surface area contributed by atoms with E-state index in [0.717, 1.165) is 11.1 Å². The van der Waals surface area contributed by atoms with E-state index in [1.54, 1.807) is 20.8 Å². The Kier molecular flexibility index (Phi) is 12.3. The average molecular weight is 572 g/mol. The van der Waals surface area contributed by atoms with E-state index in [0.29, 0.717) is 12.8 Å². The zero-order chi connectivity index (χ0) is 30.8. The molecule has 9 heteroatoms. The summed E-state index contributed by atoms with van der Waals surface area (Å²) < 4.78 is 5.61. The van der Waals surface area contributed by atoms with Gasteiger partial charge in [-0.1, -0.05) is 81.4 Å². The normalized spacial score (nSPS) is 16.5. The maximum absolute atomic E-state index is 13.1. The molecule has 228 valence electrons. The second-order valence-corrected chi connectivity index (χ2v) is 12.9. The van der Waals surface area contributed by atoms with E-state index >= 15 is 0 Å². The standard InChI is InChI=1S/C32H49N3O6/c1-30(2,3)32(7,40)28(38)34-24(18-22-14-10-8-11-15-22)25(36)20-33-21-26(37)27(19-23-16-12-9-13-17-23)41-29(39)35-31(4,5)6/h8-17,24-27,33,36-37,40H,18-21H2,1-7H3,(H,34,38)(H,35,39)/t24-,25+,26+,27-,32-/m0/s1. The molecule has 9 nitrogen and oxygen atoms in total. The van der Waals surface area contributed by atoms with Crippen molar-refractivity contribution < 1.29 is 29.6 Å². The van der Waals surface area contributed by atoms with Crippen molar-refractivity contribution in [3.05, 3.63) is 71.8 Å². The second-order valence-electron chi connectivity index (χ2n) is 12.9. The van der Waals surface area contributed by atoms with Crippen molar-refractivity contribution in [2.45, 2.75) is 96.8 Å². The third kappa shape index (κ3) is 11.4. The Morgan fingerprint density at radius 2 is 1.27 bits per heavy atom. The van der Waals surface area contributed by atoms with Crippen molar-refractivity contribution in [1.29, 1.82) is 0 Å². The van der Waals surface area contributed by atoms with Crippen molar-refractivity contribution in [3.8, 4) is 0 Å². The number of aliphatic hydroxyl groups excluding tert-OH is 2. The van der Waals surface area contributed by atoms with Crippen molar-refractivity contribution in [2.24, 2.45) is 5.41 Å². The summed E-state index contributed by atoms with van der Waals surface area (Å²) in [5.74, 6) is -0.578. The number of benzene rings is 2. The monoisotopic (exact) mass is 571 g/mol. The number of nitrogens with one attached hydrogen (secondary N) is 3. The third-order valence-corrected chi connectivity index (χ3v) is 7.13. The van der Waals surface area contributed by atoms with Crippen LogP contribution in [0.3, 0.4) is 0 Å². The summed E-state index contributed by atoms with van der Waals surface area (Å²) in [6.45, 7) is 12.4. The summed E-state index contributed by atoms with van der Waals surface area (Å²) in [4.78, 5) is 25.6. The molecular weight excluding hydrogens is 522 g/mol. The van der Waals surface area contributed by atoms with Gasteiger partial charge in [-0.3, -0.25) is 4.79 Å². The molecule has 0 radical (unpaired) electrons. The zero-order valence-electron chi connectivity index (χ0n) is 25.5. The van der Waals surface area contributed by atoms with E-state index in [1.165, 1.54) is 6.92 Å². The molecule has 0 unspecified atom stereocenters. The SMILES string of the molecule is CC(C)(C)NC(=O)O[C@@H](Cc1ccccc1)[C@H](O)CNC[C@@H](O)[C@H](Cc1ccccc1)NC(=O)[C@](C)(O)C(C)(C)C. The maximum atomic E-state index is 13.1. The highest BCUT2D eigenvalue weighted by atomic mass is 16.6. The number of hydrogen-bond acceptors (Lipinski definition) is 7. The number of amides is 2. The van der Waals surface area contributed by atoms with Crippen LogP contribution >= 0.6 is 0 Å². The number of hydrogen-bond donors (Lipinski definition) is 6. The Bertz CT molecular complexity index is 1080. The van der Waals surface area contributed by atoms with Gasteiger partial charge in [-0.2, -0.15) is 0 Å². The lowest BCUT2D eigenvalue weighted by Crippen LogP contribution is -2.59. The molecule has 0 aliphatic heterocycles. The Balaban J connectivity index is 2.09. The molecule has 0 heterocycles. The summed E-state index contributed by atoms with van der Waals surface area (Å²) in [6, 6.07) is 18.2. The molecular formula is C32H49N3O6. The highest BCUT2D eigenvalue weighted by molar-refractivity contribution is 5.85. The van der Waals surface area contributed by atoms with E-state index in [1.807, 2.05) is 81.4 Å². The van der Waals surface area contributed by atoms with Crippen LogP contribution in [0.1, 0.15) is 59.6 Å². The highest BCUT2D eigenvalue weighted by Crippen LogP contribution is 2.30. The topological polar surface area (TPSA) is 140 Å². The van der Waals surface area contributed by atoms with Crippen LogP contribution in [0.15, 0.2) is 60.7 Å². The van der Waals surface area contributed by atoms with Crippen LogP contribution in [0.4, 0.5) is 4.79 Å². The molecule has 0 aliphatic carbocycles. The molecule has 2 aromatic rings. The van der Waals surface area contributed by atoms with Crippen molar-refractivity contribution in [2.75, 3.05) is 13.1 Å². The van der Waals surface area contributed by atoms with E-state index in [9.17, 15) is 24.9 Å². The van der Waals surface area contributed by atoms with Crippen LogP contribution in [0.2, 0.25) is 0 Å². The summed E-state index contributed by atoms with van der Waals surface area (Å²) in [5.41, 5.74) is -1.09. The molecule has 0 fully saturated rings. The molecule has 0 saturated carbocycles. The Hall–Kier alpha value is -2.98. The molecule has 2 aromatic carbocycles. The van der Waals surface area contributed by atoms with E-state index < -0.39 is 52.9 Å². The minimum Gasteiger partial charge on any atom is -0.443 e. The fraction of sp³-hybridized carbons (Fsp3) is 0.562. The van der Waals surface area contributed by atoms with Crippen LogP contribution in [0, 0.1) is 5.41 Å². The average Bonchev–Trinajstić information content (AvgIpc) is 2.87. The van der Waals surface area contributed by atoms with Gasteiger partial charge in [-0.25, -0.2) is 4.79 Å². The van der Waals surface area contributed by atoms with Gasteiger partial charge in [0.1, 0.15) is 17.8 Å². The summed E-state index contributed by atoms with van der Waals surface area (Å²) in [5, 5.41) is 41.6. The number of carbonyl (C=O) groups is 2. The first-order valence-corrected chi connectivity index (χ1v) is 14.2. The van der Waals surface area contributed by atoms with Crippen LogP contribution < -0.4 is 16.0 Å². The number of ether oxygens (including phenoxy) is 1. The van der Waals surface area contributed by atoms with Gasteiger partial charge < -0.3 is 36.0 Å². The first-order chi connectivity index (χ1) is 19.0. The van der Waals surface area contributed by atoms with Crippen LogP contribution in [-0.4, -0.2) is 75.9 Å². The molecule has 5 atom stereocenters. The molecule has 0 aromatic heterocycles. The zero-order valence-corrected chi connectivity index (χ0v) is 25.5. The van der Waals surface area contributed by atoms with Gasteiger partial charge >= 0.3 is 6.09 Å². The van der Waals surface area contributed by atoms with E-state index in [-0.39, 0.29) is 13.1 Å². The molecule has 6 N–H and O–H groups in total. The lowest BCUT2D eigenvalue weighted by Gasteiger charge is -2.37. The van der Waals surface area contributed by atoms with E-state index in [2.05, 4.69) is 16.0 Å². The molecule has 2 amide bonds. The minimum atomic E-state index is -1.67. The summed E-state index contributed by atoms with van der Waals surface area (Å²) >= 11 is 0. The number of rotatable bonds is 13. The largest absolute Gasteiger partial charge is 0.443 e. The van der Waals surface area contributed by atoms with Gasteiger partial charge in [0, 0.05) is 25.0 Å². The fourth-order valence-corrected chi connectivity index (χ4v) is 4.03. The molecule has 0 spiro atoms. The van der Waals surface area contributed by atoms with Gasteiger partial charge in [-0.15, -0.1) is 0 Å². The van der Waals surface area contributed by atoms with Crippen molar-refractivity contribution in [3.63, 3.8) is 0 Å². The fourth-order valence-electron chi connectivity index (χ4n) is 4.03. The maximum Gasteiger partial charge on any atom is 0.407 e. The van der Waals surface area contributed by atoms with Crippen LogP contribution in [-0.2, 0) is 22.4 Å². The highest BCUT2D eigenvalue weighted by Gasteiger charge is 2.43. The first-order valence-electron chi connectivity index (χ1n) is 14.2. The van der Waals surface area contributed by atoms with Crippen molar-refractivity contribution >= 4 is 12.0 Å². The predicted octanol–water partition coefficient (Wildman–Crippen LogP) is 2.96. The minimum absolute atomic E-state index is 0.0308. The smallest absolute Gasteiger partial charge is 0.407 e. The molecule has 41 heavy (non-hydrogen) atoms. The van der Waals surface area contributed by atoms with Crippen LogP contribution in [0.25, 0.3) is 0 Å². The molecule has 2 rings (SSSR count). The third-order valence-electron chi connectivity index (χ3n) is 7.13. The molecule has 0 aliphatic rings. The second kappa shape index (κ2) is 14.8. The first kappa shape index (κ1) is 34.2. The van der Waals surface area contributed by atoms with Crippen LogP contribution in [0.5, 0.6) is 0 Å². The number of aliphatic hydroxyl groups is 3. The quantitative estimate of drug-likeness (QED) is 0.217. The van der Waals surface area contributed by atoms with Gasteiger partial charge in [0.15, 0.2) is 0 Å². The predicted molar refractivity (Wildman–Crippen MR) is 160 cm³/mol. The van der Waals surface area contributed by atoms with Gasteiger partial charge in [0.05, 0.1) is 12.1 Å².